The average Bonchev–Trinajstić information content (AvgIpc) is 2.71. The number of nitrogens with zero attached hydrogens (tertiary/aromatic N) is 2. The second-order valence-electron chi connectivity index (χ2n) is 4.86. The summed E-state index contributed by atoms with van der Waals surface area (Å²) in [4.78, 5) is 10.3. The van der Waals surface area contributed by atoms with E-state index in [0.717, 1.165) is 28.3 Å². The SMILES string of the molecule is Cc1cc([N+](=O)[O-])ccc1NC(C)c1c(C)noc1C. The largest absolute Gasteiger partial charge is 0.378 e. The lowest BCUT2D eigenvalue weighted by molar-refractivity contribution is -0.384. The van der Waals surface area contributed by atoms with Crippen molar-refractivity contribution < 1.29 is 9.45 Å². The maximum Gasteiger partial charge on any atom is 0.269 e. The lowest BCUT2D eigenvalue weighted by Crippen LogP contribution is -2.09. The molecule has 0 aliphatic heterocycles. The highest BCUT2D eigenvalue weighted by Crippen LogP contribution is 2.28. The molecule has 0 aliphatic rings. The number of aromatic nitrogens is 1. The van der Waals surface area contributed by atoms with Crippen molar-refractivity contribution in [3.63, 3.8) is 0 Å². The van der Waals surface area contributed by atoms with Gasteiger partial charge in [0.15, 0.2) is 0 Å². The fraction of sp³-hybridized carbons (Fsp3) is 0.357. The molecule has 20 heavy (non-hydrogen) atoms. The summed E-state index contributed by atoms with van der Waals surface area (Å²) in [5.74, 6) is 0.780. The molecule has 0 saturated heterocycles. The summed E-state index contributed by atoms with van der Waals surface area (Å²) < 4.78 is 5.16. The first-order chi connectivity index (χ1) is 9.40. The summed E-state index contributed by atoms with van der Waals surface area (Å²) >= 11 is 0. The number of benzene rings is 1. The Balaban J connectivity index is 2.24. The summed E-state index contributed by atoms with van der Waals surface area (Å²) in [6.45, 7) is 7.62. The van der Waals surface area contributed by atoms with Crippen LogP contribution in [0.3, 0.4) is 0 Å². The quantitative estimate of drug-likeness (QED) is 0.680. The molecule has 2 aromatic rings. The monoisotopic (exact) mass is 275 g/mol. The lowest BCUT2D eigenvalue weighted by Gasteiger charge is -2.16. The van der Waals surface area contributed by atoms with Crippen LogP contribution < -0.4 is 5.32 Å². The van der Waals surface area contributed by atoms with Crippen LogP contribution in [0.1, 0.15) is 35.5 Å². The number of rotatable bonds is 4. The van der Waals surface area contributed by atoms with Crippen LogP contribution in [0.4, 0.5) is 11.4 Å². The minimum atomic E-state index is -0.394. The average molecular weight is 275 g/mol. The van der Waals surface area contributed by atoms with Gasteiger partial charge in [-0.15, -0.1) is 0 Å². The summed E-state index contributed by atoms with van der Waals surface area (Å²) in [6, 6.07) is 4.79. The van der Waals surface area contributed by atoms with Crippen molar-refractivity contribution in [2.75, 3.05) is 5.32 Å². The number of nitrogens with one attached hydrogen (secondary N) is 1. The summed E-state index contributed by atoms with van der Waals surface area (Å²) in [5, 5.41) is 18.0. The summed E-state index contributed by atoms with van der Waals surface area (Å²) in [6.07, 6.45) is 0. The molecule has 1 aromatic heterocycles. The molecule has 0 fully saturated rings. The summed E-state index contributed by atoms with van der Waals surface area (Å²) in [7, 11) is 0. The zero-order valence-electron chi connectivity index (χ0n) is 11.9. The van der Waals surface area contributed by atoms with E-state index in [1.165, 1.54) is 6.07 Å². The minimum absolute atomic E-state index is 0.0152. The molecule has 6 nitrogen and oxygen atoms in total. The zero-order chi connectivity index (χ0) is 14.9. The molecular weight excluding hydrogens is 258 g/mol. The van der Waals surface area contributed by atoms with Gasteiger partial charge in [-0.05, 0) is 39.3 Å². The number of non-ortho nitro benzene ring substituents is 1. The molecule has 1 unspecified atom stereocenters. The number of nitro groups is 1. The van der Waals surface area contributed by atoms with Crippen molar-refractivity contribution in [2.45, 2.75) is 33.7 Å². The fourth-order valence-corrected chi connectivity index (χ4v) is 2.34. The third kappa shape index (κ3) is 2.64. The molecule has 0 amide bonds. The lowest BCUT2D eigenvalue weighted by atomic mass is 10.1. The predicted octanol–water partition coefficient (Wildman–Crippen LogP) is 3.68. The molecule has 1 N–H and O–H groups in total. The van der Waals surface area contributed by atoms with Gasteiger partial charge in [0.1, 0.15) is 5.76 Å². The highest BCUT2D eigenvalue weighted by molar-refractivity contribution is 5.56. The third-order valence-electron chi connectivity index (χ3n) is 3.31. The van der Waals surface area contributed by atoms with Gasteiger partial charge in [0.25, 0.3) is 5.69 Å². The first kappa shape index (κ1) is 14.0. The van der Waals surface area contributed by atoms with Gasteiger partial charge in [0.2, 0.25) is 0 Å². The molecule has 1 atom stereocenters. The van der Waals surface area contributed by atoms with Gasteiger partial charge < -0.3 is 9.84 Å². The number of hydrogen-bond acceptors (Lipinski definition) is 5. The van der Waals surface area contributed by atoms with E-state index in [1.807, 2.05) is 27.7 Å². The Kier molecular flexibility index (Phi) is 3.74. The normalized spacial score (nSPS) is 12.2. The fourth-order valence-electron chi connectivity index (χ4n) is 2.34. The maximum atomic E-state index is 10.7. The first-order valence-corrected chi connectivity index (χ1v) is 6.34. The van der Waals surface area contributed by atoms with Crippen molar-refractivity contribution in [1.29, 1.82) is 0 Å². The van der Waals surface area contributed by atoms with Crippen molar-refractivity contribution in [2.24, 2.45) is 0 Å². The van der Waals surface area contributed by atoms with E-state index in [9.17, 15) is 10.1 Å². The minimum Gasteiger partial charge on any atom is -0.378 e. The van der Waals surface area contributed by atoms with Gasteiger partial charge in [0.05, 0.1) is 16.7 Å². The van der Waals surface area contributed by atoms with Gasteiger partial charge >= 0.3 is 0 Å². The van der Waals surface area contributed by atoms with Gasteiger partial charge in [-0.2, -0.15) is 0 Å². The highest BCUT2D eigenvalue weighted by Gasteiger charge is 2.17. The van der Waals surface area contributed by atoms with Crippen LogP contribution in [0.2, 0.25) is 0 Å². The number of nitro benzene ring substituents is 1. The number of hydrogen-bond donors (Lipinski definition) is 1. The van der Waals surface area contributed by atoms with Gasteiger partial charge in [0, 0.05) is 23.4 Å². The highest BCUT2D eigenvalue weighted by atomic mass is 16.6. The molecule has 1 aromatic carbocycles. The molecular formula is C14H17N3O3. The molecule has 0 radical (unpaired) electrons. The predicted molar refractivity (Wildman–Crippen MR) is 75.8 cm³/mol. The zero-order valence-corrected chi connectivity index (χ0v) is 11.9. The van der Waals surface area contributed by atoms with E-state index in [4.69, 9.17) is 4.52 Å². The van der Waals surface area contributed by atoms with E-state index < -0.39 is 4.92 Å². The second-order valence-corrected chi connectivity index (χ2v) is 4.86. The molecule has 6 heteroatoms. The Hall–Kier alpha value is -2.37. The van der Waals surface area contributed by atoms with Crippen LogP contribution in [0.25, 0.3) is 0 Å². The molecule has 2 rings (SSSR count). The van der Waals surface area contributed by atoms with Gasteiger partial charge in [-0.25, -0.2) is 0 Å². The Morgan fingerprint density at radius 2 is 2.05 bits per heavy atom. The third-order valence-corrected chi connectivity index (χ3v) is 3.31. The van der Waals surface area contributed by atoms with Crippen molar-refractivity contribution in [3.8, 4) is 0 Å². The van der Waals surface area contributed by atoms with Crippen molar-refractivity contribution in [1.82, 2.24) is 5.16 Å². The van der Waals surface area contributed by atoms with Gasteiger partial charge in [-0.1, -0.05) is 5.16 Å². The first-order valence-electron chi connectivity index (χ1n) is 6.34. The number of aryl methyl sites for hydroxylation is 3. The molecule has 0 bridgehead atoms. The van der Waals surface area contributed by atoms with Crippen molar-refractivity contribution >= 4 is 11.4 Å². The molecule has 0 spiro atoms. The van der Waals surface area contributed by atoms with E-state index in [-0.39, 0.29) is 11.7 Å². The number of anilines is 1. The van der Waals surface area contributed by atoms with Gasteiger partial charge in [-0.3, -0.25) is 10.1 Å². The smallest absolute Gasteiger partial charge is 0.269 e. The molecule has 0 aliphatic carbocycles. The van der Waals surface area contributed by atoms with E-state index in [2.05, 4.69) is 10.5 Å². The molecule has 0 saturated carbocycles. The van der Waals surface area contributed by atoms with E-state index >= 15 is 0 Å². The Labute approximate surface area is 116 Å². The van der Waals surface area contributed by atoms with Crippen molar-refractivity contribution in [3.05, 3.63) is 50.9 Å². The van der Waals surface area contributed by atoms with Crippen LogP contribution >= 0.6 is 0 Å². The Morgan fingerprint density at radius 3 is 2.55 bits per heavy atom. The topological polar surface area (TPSA) is 81.2 Å². The van der Waals surface area contributed by atoms with Crippen LogP contribution in [0.15, 0.2) is 22.7 Å². The summed E-state index contributed by atoms with van der Waals surface area (Å²) in [5.41, 5.74) is 3.66. The molecule has 1 heterocycles. The Morgan fingerprint density at radius 1 is 1.35 bits per heavy atom. The Bertz CT molecular complexity index is 630. The second kappa shape index (κ2) is 5.32. The van der Waals surface area contributed by atoms with Crippen LogP contribution in [0.5, 0.6) is 0 Å². The maximum absolute atomic E-state index is 10.7. The van der Waals surface area contributed by atoms with Crippen LogP contribution in [0, 0.1) is 30.9 Å². The van der Waals surface area contributed by atoms with Crippen LogP contribution in [-0.2, 0) is 0 Å². The van der Waals surface area contributed by atoms with Crippen LogP contribution in [-0.4, -0.2) is 10.1 Å². The molecule has 106 valence electrons. The standard InChI is InChI=1S/C14H17N3O3/c1-8-7-12(17(18)19)5-6-13(8)15-9(2)14-10(3)16-20-11(14)4/h5-7,9,15H,1-4H3. The van der Waals surface area contributed by atoms with E-state index in [1.54, 1.807) is 12.1 Å². The van der Waals surface area contributed by atoms with E-state index in [0.29, 0.717) is 0 Å².